The highest BCUT2D eigenvalue weighted by atomic mass is 32.1. The zero-order valence-electron chi connectivity index (χ0n) is 20.5. The number of hydrogen-bond donors (Lipinski definition) is 3. The molecule has 0 saturated carbocycles. The highest BCUT2D eigenvalue weighted by molar-refractivity contribution is 7.73. The fourth-order valence-corrected chi connectivity index (χ4v) is 4.25. The lowest BCUT2D eigenvalue weighted by atomic mass is 10.0. The van der Waals surface area contributed by atoms with Crippen molar-refractivity contribution >= 4 is 52.3 Å². The van der Waals surface area contributed by atoms with Gasteiger partial charge >= 0.3 is 6.09 Å². The third-order valence-corrected chi connectivity index (χ3v) is 6.47. The van der Waals surface area contributed by atoms with Gasteiger partial charge in [0, 0.05) is 12.1 Å². The van der Waals surface area contributed by atoms with Gasteiger partial charge in [-0.1, -0.05) is 67.6 Å². The van der Waals surface area contributed by atoms with Gasteiger partial charge in [-0.25, -0.2) is 4.79 Å². The molecule has 4 N–H and O–H groups in total. The molecule has 0 spiro atoms. The van der Waals surface area contributed by atoms with Crippen LogP contribution in [0.4, 0.5) is 15.6 Å². The monoisotopic (exact) mass is 558 g/mol. The molecule has 0 radical (unpaired) electrons. The summed E-state index contributed by atoms with van der Waals surface area (Å²) in [7, 11) is 0. The Hall–Kier alpha value is -4.01. The number of imide groups is 1. The molecular formula is C24H26N6O6S2. The number of nitrogens with one attached hydrogen (secondary N) is 2. The molecule has 3 rings (SSSR count). The standard InChI is InChI=1S/C24H26N6O6S2/c1-14(2)19(26-20(31)18(25)12-15-8-10-17(11-9-15)30(34)35)21(32)29(22-27-28-23(37)38-22)24(33)36-13-16-6-4-3-5-7-16/h3-11,14,18-19H,12-13,25H2,1-2H3,(H,26,31)(H,28,37)/t18-,19-/m0/s1. The van der Waals surface area contributed by atoms with Crippen LogP contribution in [0, 0.1) is 20.0 Å². The maximum absolute atomic E-state index is 13.6. The minimum absolute atomic E-state index is 0.0341. The van der Waals surface area contributed by atoms with Crippen LogP contribution >= 0.6 is 23.6 Å². The molecule has 1 aromatic heterocycles. The van der Waals surface area contributed by atoms with Crippen LogP contribution in [0.3, 0.4) is 0 Å². The topological polar surface area (TPSA) is 174 Å². The Balaban J connectivity index is 1.75. The lowest BCUT2D eigenvalue weighted by Crippen LogP contribution is -2.56. The van der Waals surface area contributed by atoms with Crippen molar-refractivity contribution in [3.63, 3.8) is 0 Å². The van der Waals surface area contributed by atoms with E-state index in [0.29, 0.717) is 11.1 Å². The smallest absolute Gasteiger partial charge is 0.423 e. The van der Waals surface area contributed by atoms with Crippen LogP contribution in [0.15, 0.2) is 54.6 Å². The van der Waals surface area contributed by atoms with E-state index in [1.54, 1.807) is 38.1 Å². The quantitative estimate of drug-likeness (QED) is 0.191. The van der Waals surface area contributed by atoms with E-state index >= 15 is 0 Å². The highest BCUT2D eigenvalue weighted by Gasteiger charge is 2.36. The molecule has 3 aromatic rings. The molecule has 0 bridgehead atoms. The summed E-state index contributed by atoms with van der Waals surface area (Å²) in [5.41, 5.74) is 7.30. The Labute approximate surface area is 227 Å². The maximum atomic E-state index is 13.6. The van der Waals surface area contributed by atoms with Crippen LogP contribution in [0.1, 0.15) is 25.0 Å². The van der Waals surface area contributed by atoms with E-state index in [1.807, 2.05) is 6.07 Å². The first-order valence-electron chi connectivity index (χ1n) is 11.5. The number of carbonyl (C=O) groups excluding carboxylic acids is 3. The van der Waals surface area contributed by atoms with Gasteiger partial charge in [0.25, 0.3) is 11.6 Å². The Morgan fingerprint density at radius 1 is 1.16 bits per heavy atom. The largest absolute Gasteiger partial charge is 0.444 e. The van der Waals surface area contributed by atoms with Crippen LogP contribution < -0.4 is 16.0 Å². The van der Waals surface area contributed by atoms with Gasteiger partial charge in [0.15, 0.2) is 3.95 Å². The molecule has 0 unspecified atom stereocenters. The van der Waals surface area contributed by atoms with Crippen LogP contribution in [0.25, 0.3) is 0 Å². The first-order chi connectivity index (χ1) is 18.1. The molecule has 1 heterocycles. The molecule has 0 saturated heterocycles. The molecule has 3 amide bonds. The molecule has 0 fully saturated rings. The van der Waals surface area contributed by atoms with Crippen molar-refractivity contribution in [2.45, 2.75) is 39.0 Å². The lowest BCUT2D eigenvalue weighted by Gasteiger charge is -2.27. The van der Waals surface area contributed by atoms with Crippen molar-refractivity contribution in [2.75, 3.05) is 4.90 Å². The number of carbonyl (C=O) groups is 3. The minimum Gasteiger partial charge on any atom is -0.444 e. The Morgan fingerprint density at radius 2 is 1.82 bits per heavy atom. The van der Waals surface area contributed by atoms with E-state index < -0.39 is 40.8 Å². The fourth-order valence-electron chi connectivity index (χ4n) is 3.38. The summed E-state index contributed by atoms with van der Waals surface area (Å²) in [4.78, 5) is 50.6. The molecule has 38 heavy (non-hydrogen) atoms. The van der Waals surface area contributed by atoms with E-state index in [0.717, 1.165) is 16.2 Å². The first-order valence-corrected chi connectivity index (χ1v) is 12.7. The van der Waals surface area contributed by atoms with Gasteiger partial charge in [-0.3, -0.25) is 24.8 Å². The van der Waals surface area contributed by atoms with Gasteiger partial charge in [0.1, 0.15) is 12.6 Å². The number of nitro groups is 1. The van der Waals surface area contributed by atoms with Crippen LogP contribution in [-0.2, 0) is 27.4 Å². The van der Waals surface area contributed by atoms with E-state index in [9.17, 15) is 24.5 Å². The van der Waals surface area contributed by atoms with Gasteiger partial charge in [-0.15, -0.1) is 5.10 Å². The van der Waals surface area contributed by atoms with Crippen molar-refractivity contribution in [3.8, 4) is 0 Å². The predicted molar refractivity (Wildman–Crippen MR) is 143 cm³/mol. The van der Waals surface area contributed by atoms with Crippen LogP contribution in [0.5, 0.6) is 0 Å². The van der Waals surface area contributed by atoms with Crippen molar-refractivity contribution < 1.29 is 24.0 Å². The van der Waals surface area contributed by atoms with Crippen molar-refractivity contribution in [2.24, 2.45) is 11.7 Å². The number of non-ortho nitro benzene ring substituents is 1. The highest BCUT2D eigenvalue weighted by Crippen LogP contribution is 2.22. The van der Waals surface area contributed by atoms with E-state index in [2.05, 4.69) is 15.5 Å². The van der Waals surface area contributed by atoms with E-state index in [-0.39, 0.29) is 27.8 Å². The number of nitrogens with zero attached hydrogens (tertiary/aromatic N) is 3. The number of hydrogen-bond acceptors (Lipinski definition) is 10. The van der Waals surface area contributed by atoms with Gasteiger partial charge in [-0.05, 0) is 35.7 Å². The molecule has 0 aliphatic heterocycles. The number of anilines is 1. The number of rotatable bonds is 10. The molecule has 200 valence electrons. The second-order valence-corrected chi connectivity index (χ2v) is 10.2. The van der Waals surface area contributed by atoms with Gasteiger partial charge in [0.05, 0.1) is 11.0 Å². The second kappa shape index (κ2) is 13.0. The van der Waals surface area contributed by atoms with Gasteiger partial charge in [-0.2, -0.15) is 4.90 Å². The second-order valence-electron chi connectivity index (χ2n) is 8.57. The number of ether oxygens (including phenoxy) is 1. The summed E-state index contributed by atoms with van der Waals surface area (Å²) in [6.07, 6.45) is -0.904. The third-order valence-electron chi connectivity index (χ3n) is 5.40. The third kappa shape index (κ3) is 7.50. The Morgan fingerprint density at radius 3 is 2.37 bits per heavy atom. The van der Waals surface area contributed by atoms with Crippen LogP contribution in [0.2, 0.25) is 0 Å². The van der Waals surface area contributed by atoms with Crippen molar-refractivity contribution in [1.82, 2.24) is 15.5 Å². The first kappa shape index (κ1) is 28.6. The molecule has 12 nitrogen and oxygen atoms in total. The summed E-state index contributed by atoms with van der Waals surface area (Å²) in [6, 6.07) is 12.4. The Kier molecular flexibility index (Phi) is 9.76. The number of nitro benzene ring substituents is 1. The summed E-state index contributed by atoms with van der Waals surface area (Å²) < 4.78 is 5.60. The van der Waals surface area contributed by atoms with Gasteiger partial charge < -0.3 is 15.8 Å². The predicted octanol–water partition coefficient (Wildman–Crippen LogP) is 3.49. The summed E-state index contributed by atoms with van der Waals surface area (Å²) in [5, 5.41) is 19.9. The Bertz CT molecular complexity index is 1340. The van der Waals surface area contributed by atoms with Crippen molar-refractivity contribution in [3.05, 3.63) is 79.8 Å². The SMILES string of the molecule is CC(C)[C@H](NC(=O)[C@@H](N)Cc1ccc([N+](=O)[O-])cc1)C(=O)N(C(=O)OCc1ccccc1)c1n[nH]c(=S)s1. The number of nitrogens with two attached hydrogens (primary N) is 1. The molecule has 2 aromatic carbocycles. The summed E-state index contributed by atoms with van der Waals surface area (Å²) in [5.74, 6) is -1.84. The molecule has 2 atom stereocenters. The molecule has 0 aliphatic carbocycles. The average molecular weight is 559 g/mol. The molecule has 14 heteroatoms. The van der Waals surface area contributed by atoms with E-state index in [4.69, 9.17) is 22.7 Å². The van der Waals surface area contributed by atoms with E-state index in [1.165, 1.54) is 24.3 Å². The number of benzene rings is 2. The normalized spacial score (nSPS) is 12.4. The van der Waals surface area contributed by atoms with Gasteiger partial charge in [0.2, 0.25) is 11.0 Å². The summed E-state index contributed by atoms with van der Waals surface area (Å²) in [6.45, 7) is 3.31. The number of aromatic amines is 1. The fraction of sp³-hybridized carbons (Fsp3) is 0.292. The zero-order chi connectivity index (χ0) is 27.8. The zero-order valence-corrected chi connectivity index (χ0v) is 22.2. The van der Waals surface area contributed by atoms with Crippen molar-refractivity contribution in [1.29, 1.82) is 0 Å². The maximum Gasteiger partial charge on any atom is 0.423 e. The number of H-pyrrole nitrogens is 1. The lowest BCUT2D eigenvalue weighted by molar-refractivity contribution is -0.384. The molecule has 0 aliphatic rings. The number of aromatic nitrogens is 2. The summed E-state index contributed by atoms with van der Waals surface area (Å²) >= 11 is 5.96. The van der Waals surface area contributed by atoms with Crippen LogP contribution in [-0.4, -0.2) is 45.1 Å². The average Bonchev–Trinajstić information content (AvgIpc) is 3.31. The minimum atomic E-state index is -1.15. The number of amides is 3. The molecular weight excluding hydrogens is 532 g/mol.